The van der Waals surface area contributed by atoms with Crippen molar-refractivity contribution in [3.63, 3.8) is 0 Å². The van der Waals surface area contributed by atoms with Crippen LogP contribution in [0.1, 0.15) is 37.3 Å². The standard InChI is InChI=1S/C14H16Cl2N2O/c15-8-1-4-10(11(16)7-8)14-12(17)5-6-13(19)18(14)9-2-3-9/h1,4,7,9,12,14H,2-3,5-6,17H2. The number of piperidine rings is 1. The van der Waals surface area contributed by atoms with E-state index in [1.807, 2.05) is 11.0 Å². The molecule has 1 heterocycles. The molecule has 1 saturated carbocycles. The van der Waals surface area contributed by atoms with Gasteiger partial charge in [0.05, 0.1) is 6.04 Å². The van der Waals surface area contributed by atoms with Crippen molar-refractivity contribution in [2.75, 3.05) is 0 Å². The van der Waals surface area contributed by atoms with E-state index in [0.29, 0.717) is 28.9 Å². The fourth-order valence-electron chi connectivity index (χ4n) is 2.84. The lowest BCUT2D eigenvalue weighted by Gasteiger charge is -2.40. The summed E-state index contributed by atoms with van der Waals surface area (Å²) in [5, 5.41) is 1.19. The Bertz CT molecular complexity index is 516. The van der Waals surface area contributed by atoms with Crippen molar-refractivity contribution in [2.45, 2.75) is 43.8 Å². The molecule has 1 amide bonds. The van der Waals surface area contributed by atoms with E-state index in [2.05, 4.69) is 0 Å². The van der Waals surface area contributed by atoms with E-state index in [0.717, 1.165) is 18.4 Å². The topological polar surface area (TPSA) is 46.3 Å². The first-order chi connectivity index (χ1) is 9.08. The van der Waals surface area contributed by atoms with Crippen LogP contribution in [0.4, 0.5) is 0 Å². The van der Waals surface area contributed by atoms with Gasteiger partial charge < -0.3 is 10.6 Å². The summed E-state index contributed by atoms with van der Waals surface area (Å²) in [4.78, 5) is 14.1. The van der Waals surface area contributed by atoms with Crippen LogP contribution in [0.15, 0.2) is 18.2 Å². The zero-order valence-electron chi connectivity index (χ0n) is 10.5. The number of carbonyl (C=O) groups is 1. The Hall–Kier alpha value is -0.770. The molecule has 1 aromatic rings. The number of hydrogen-bond acceptors (Lipinski definition) is 2. The van der Waals surface area contributed by atoms with Gasteiger partial charge in [0.25, 0.3) is 0 Å². The first-order valence-corrected chi connectivity index (χ1v) is 7.35. The number of amides is 1. The van der Waals surface area contributed by atoms with Gasteiger partial charge >= 0.3 is 0 Å². The Balaban J connectivity index is 2.00. The molecule has 0 aromatic heterocycles. The monoisotopic (exact) mass is 298 g/mol. The van der Waals surface area contributed by atoms with Crippen molar-refractivity contribution in [1.29, 1.82) is 0 Å². The summed E-state index contributed by atoms with van der Waals surface area (Å²) >= 11 is 12.2. The molecule has 2 unspecified atom stereocenters. The second-order valence-electron chi connectivity index (χ2n) is 5.35. The van der Waals surface area contributed by atoms with Gasteiger partial charge in [0.1, 0.15) is 0 Å². The molecule has 1 aromatic carbocycles. The summed E-state index contributed by atoms with van der Waals surface area (Å²) in [6.45, 7) is 0. The van der Waals surface area contributed by atoms with E-state index in [9.17, 15) is 4.79 Å². The highest BCUT2D eigenvalue weighted by Gasteiger charge is 2.43. The fourth-order valence-corrected chi connectivity index (χ4v) is 3.36. The van der Waals surface area contributed by atoms with Crippen molar-refractivity contribution in [1.82, 2.24) is 4.90 Å². The molecule has 1 aliphatic heterocycles. The lowest BCUT2D eigenvalue weighted by molar-refractivity contribution is -0.138. The zero-order valence-corrected chi connectivity index (χ0v) is 12.0. The zero-order chi connectivity index (χ0) is 13.6. The minimum atomic E-state index is -0.112. The van der Waals surface area contributed by atoms with Crippen LogP contribution in [-0.2, 0) is 4.79 Å². The van der Waals surface area contributed by atoms with Gasteiger partial charge in [-0.3, -0.25) is 4.79 Å². The quantitative estimate of drug-likeness (QED) is 0.912. The summed E-state index contributed by atoms with van der Waals surface area (Å²) in [6, 6.07) is 5.59. The first-order valence-electron chi connectivity index (χ1n) is 6.59. The Morgan fingerprint density at radius 3 is 2.58 bits per heavy atom. The molecule has 3 nitrogen and oxygen atoms in total. The molecule has 2 N–H and O–H groups in total. The van der Waals surface area contributed by atoms with Crippen LogP contribution in [-0.4, -0.2) is 22.9 Å². The predicted molar refractivity (Wildman–Crippen MR) is 76.3 cm³/mol. The van der Waals surface area contributed by atoms with Crippen LogP contribution >= 0.6 is 23.2 Å². The van der Waals surface area contributed by atoms with Crippen molar-refractivity contribution in [2.24, 2.45) is 5.73 Å². The molecule has 5 heteroatoms. The number of halogens is 2. The van der Waals surface area contributed by atoms with Gasteiger partial charge in [-0.1, -0.05) is 29.3 Å². The van der Waals surface area contributed by atoms with Crippen molar-refractivity contribution >= 4 is 29.1 Å². The molecular formula is C14H16Cl2N2O. The smallest absolute Gasteiger partial charge is 0.223 e. The summed E-state index contributed by atoms with van der Waals surface area (Å²) in [5.74, 6) is 0.195. The van der Waals surface area contributed by atoms with E-state index >= 15 is 0 Å². The maximum absolute atomic E-state index is 12.2. The molecule has 19 heavy (non-hydrogen) atoms. The molecule has 0 radical (unpaired) electrons. The van der Waals surface area contributed by atoms with Crippen LogP contribution in [0.25, 0.3) is 0 Å². The second kappa shape index (κ2) is 4.97. The van der Waals surface area contributed by atoms with Crippen LogP contribution in [0.3, 0.4) is 0 Å². The third kappa shape index (κ3) is 2.47. The van der Waals surface area contributed by atoms with Crippen LogP contribution in [0, 0.1) is 0 Å². The Labute approximate surface area is 122 Å². The molecule has 2 fully saturated rings. The number of nitrogens with zero attached hydrogens (tertiary/aromatic N) is 1. The third-order valence-electron chi connectivity index (χ3n) is 3.91. The van der Waals surface area contributed by atoms with Crippen molar-refractivity contribution in [3.05, 3.63) is 33.8 Å². The van der Waals surface area contributed by atoms with E-state index in [1.54, 1.807) is 12.1 Å². The van der Waals surface area contributed by atoms with Crippen molar-refractivity contribution < 1.29 is 4.79 Å². The summed E-state index contributed by atoms with van der Waals surface area (Å²) < 4.78 is 0. The third-order valence-corrected chi connectivity index (χ3v) is 4.47. The van der Waals surface area contributed by atoms with Gasteiger partial charge in [0.2, 0.25) is 5.91 Å². The number of benzene rings is 1. The van der Waals surface area contributed by atoms with Gasteiger partial charge in [-0.15, -0.1) is 0 Å². The van der Waals surface area contributed by atoms with E-state index in [1.165, 1.54) is 0 Å². The van der Waals surface area contributed by atoms with Crippen LogP contribution < -0.4 is 5.73 Å². The highest BCUT2D eigenvalue weighted by molar-refractivity contribution is 6.35. The molecule has 0 bridgehead atoms. The summed E-state index contributed by atoms with van der Waals surface area (Å²) in [7, 11) is 0. The van der Waals surface area contributed by atoms with Crippen LogP contribution in [0.5, 0.6) is 0 Å². The molecule has 0 spiro atoms. The SMILES string of the molecule is NC1CCC(=O)N(C2CC2)C1c1ccc(Cl)cc1Cl. The minimum absolute atomic E-state index is 0.0584. The predicted octanol–water partition coefficient (Wildman–Crippen LogP) is 3.15. The van der Waals surface area contributed by atoms with E-state index in [-0.39, 0.29) is 18.0 Å². The maximum atomic E-state index is 12.2. The minimum Gasteiger partial charge on any atom is -0.331 e. The molecule has 3 rings (SSSR count). The van der Waals surface area contributed by atoms with E-state index < -0.39 is 0 Å². The highest BCUT2D eigenvalue weighted by atomic mass is 35.5. The van der Waals surface area contributed by atoms with Gasteiger partial charge in [0, 0.05) is 28.5 Å². The molecule has 1 aliphatic carbocycles. The van der Waals surface area contributed by atoms with Gasteiger partial charge in [0.15, 0.2) is 0 Å². The number of carbonyl (C=O) groups excluding carboxylic acids is 1. The number of hydrogen-bond donors (Lipinski definition) is 1. The normalized spacial score (nSPS) is 27.7. The number of rotatable bonds is 2. The summed E-state index contributed by atoms with van der Waals surface area (Å²) in [6.07, 6.45) is 3.39. The largest absolute Gasteiger partial charge is 0.331 e. The molecule has 1 saturated heterocycles. The van der Waals surface area contributed by atoms with Gasteiger partial charge in [-0.05, 0) is 37.0 Å². The average Bonchev–Trinajstić information content (AvgIpc) is 3.17. The lowest BCUT2D eigenvalue weighted by atomic mass is 9.90. The highest BCUT2D eigenvalue weighted by Crippen LogP contribution is 2.42. The van der Waals surface area contributed by atoms with Gasteiger partial charge in [-0.2, -0.15) is 0 Å². The number of likely N-dealkylation sites (tertiary alicyclic amines) is 1. The molecule has 102 valence electrons. The van der Waals surface area contributed by atoms with Crippen molar-refractivity contribution in [3.8, 4) is 0 Å². The van der Waals surface area contributed by atoms with Gasteiger partial charge in [-0.25, -0.2) is 0 Å². The second-order valence-corrected chi connectivity index (χ2v) is 6.19. The number of nitrogens with two attached hydrogens (primary N) is 1. The molecular weight excluding hydrogens is 283 g/mol. The fraction of sp³-hybridized carbons (Fsp3) is 0.500. The van der Waals surface area contributed by atoms with Crippen LogP contribution in [0.2, 0.25) is 10.0 Å². The Morgan fingerprint density at radius 2 is 1.95 bits per heavy atom. The molecule has 2 atom stereocenters. The maximum Gasteiger partial charge on any atom is 0.223 e. The molecule has 2 aliphatic rings. The first kappa shape index (κ1) is 13.2. The Morgan fingerprint density at radius 1 is 1.21 bits per heavy atom. The lowest BCUT2D eigenvalue weighted by Crippen LogP contribution is -2.49. The summed E-state index contributed by atoms with van der Waals surface area (Å²) in [5.41, 5.74) is 7.17. The average molecular weight is 299 g/mol. The van der Waals surface area contributed by atoms with E-state index in [4.69, 9.17) is 28.9 Å². The Kier molecular flexibility index (Phi) is 3.46.